The number of anilines is 1. The van der Waals surface area contributed by atoms with Crippen molar-refractivity contribution < 1.29 is 0 Å². The summed E-state index contributed by atoms with van der Waals surface area (Å²) >= 11 is 0. The van der Waals surface area contributed by atoms with Crippen molar-refractivity contribution in [2.75, 3.05) is 5.32 Å². The van der Waals surface area contributed by atoms with E-state index < -0.39 is 0 Å². The van der Waals surface area contributed by atoms with Gasteiger partial charge in [0.25, 0.3) is 0 Å². The maximum atomic E-state index is 4.48. The smallest absolute Gasteiger partial charge is 0.158 e. The fourth-order valence-electron chi connectivity index (χ4n) is 1.75. The first-order valence-corrected chi connectivity index (χ1v) is 6.00. The first kappa shape index (κ1) is 11.4. The molecule has 94 valence electrons. The normalized spacial score (nSPS) is 10.3. The highest BCUT2D eigenvalue weighted by Crippen LogP contribution is 2.08. The Kier molecular flexibility index (Phi) is 3.18. The molecule has 0 radical (unpaired) electrons. The second-order valence-electron chi connectivity index (χ2n) is 4.07. The van der Waals surface area contributed by atoms with Gasteiger partial charge in [-0.05, 0) is 5.56 Å². The lowest BCUT2D eigenvalue weighted by atomic mass is 10.2. The van der Waals surface area contributed by atoms with Crippen LogP contribution in [0, 0.1) is 0 Å². The summed E-state index contributed by atoms with van der Waals surface area (Å²) in [7, 11) is 0. The van der Waals surface area contributed by atoms with Crippen molar-refractivity contribution in [3.05, 3.63) is 67.0 Å². The maximum Gasteiger partial charge on any atom is 0.158 e. The van der Waals surface area contributed by atoms with Crippen LogP contribution in [0.3, 0.4) is 0 Å². The van der Waals surface area contributed by atoms with Crippen molar-refractivity contribution >= 4 is 5.82 Å². The van der Waals surface area contributed by atoms with Crippen LogP contribution in [0.4, 0.5) is 5.82 Å². The molecule has 1 aromatic carbocycles. The van der Waals surface area contributed by atoms with Crippen LogP contribution in [0.5, 0.6) is 0 Å². The number of hydrogen-bond donors (Lipinski definition) is 1. The molecule has 5 nitrogen and oxygen atoms in total. The van der Waals surface area contributed by atoms with E-state index in [-0.39, 0.29) is 0 Å². The van der Waals surface area contributed by atoms with Gasteiger partial charge in [0.2, 0.25) is 0 Å². The number of rotatable bonds is 4. The van der Waals surface area contributed by atoms with Crippen LogP contribution in [0.15, 0.2) is 61.4 Å². The second kappa shape index (κ2) is 5.30. The van der Waals surface area contributed by atoms with Gasteiger partial charge in [-0.25, -0.2) is 9.97 Å². The predicted octanol–water partition coefficient (Wildman–Crippen LogP) is 2.27. The fourth-order valence-corrected chi connectivity index (χ4v) is 1.75. The molecule has 0 atom stereocenters. The minimum absolute atomic E-state index is 0.725. The van der Waals surface area contributed by atoms with Gasteiger partial charge < -0.3 is 5.32 Å². The van der Waals surface area contributed by atoms with Gasteiger partial charge in [-0.3, -0.25) is 9.55 Å². The number of aromatic nitrogens is 4. The molecule has 0 bridgehead atoms. The van der Waals surface area contributed by atoms with Crippen molar-refractivity contribution in [3.8, 4) is 5.82 Å². The Morgan fingerprint density at radius 2 is 1.95 bits per heavy atom. The lowest BCUT2D eigenvalue weighted by Crippen LogP contribution is -2.04. The van der Waals surface area contributed by atoms with Crippen molar-refractivity contribution in [1.82, 2.24) is 19.5 Å². The summed E-state index contributed by atoms with van der Waals surface area (Å²) in [6.45, 7) is 0.725. The van der Waals surface area contributed by atoms with Crippen LogP contribution >= 0.6 is 0 Å². The molecule has 2 aromatic heterocycles. The highest BCUT2D eigenvalue weighted by atomic mass is 15.1. The summed E-state index contributed by atoms with van der Waals surface area (Å²) in [5, 5.41) is 3.26. The summed E-state index contributed by atoms with van der Waals surface area (Å²) in [5.74, 6) is 1.49. The Bertz CT molecular complexity index is 634. The van der Waals surface area contributed by atoms with Gasteiger partial charge in [-0.2, -0.15) is 0 Å². The van der Waals surface area contributed by atoms with E-state index in [1.54, 1.807) is 24.9 Å². The Hall–Kier alpha value is -2.69. The molecular weight excluding hydrogens is 238 g/mol. The molecular formula is C14H13N5. The van der Waals surface area contributed by atoms with Gasteiger partial charge in [0, 0.05) is 18.9 Å². The van der Waals surface area contributed by atoms with Gasteiger partial charge in [-0.15, -0.1) is 0 Å². The minimum atomic E-state index is 0.725. The van der Waals surface area contributed by atoms with Crippen LogP contribution in [0.2, 0.25) is 0 Å². The Morgan fingerprint density at radius 3 is 2.74 bits per heavy atom. The SMILES string of the molecule is c1ccc(CNc2cncc(-n3ccnc3)n2)cc1. The van der Waals surface area contributed by atoms with Gasteiger partial charge >= 0.3 is 0 Å². The van der Waals surface area contributed by atoms with Gasteiger partial charge in [0.1, 0.15) is 12.1 Å². The van der Waals surface area contributed by atoms with E-state index in [9.17, 15) is 0 Å². The third kappa shape index (κ3) is 2.77. The molecule has 1 N–H and O–H groups in total. The third-order valence-electron chi connectivity index (χ3n) is 2.71. The monoisotopic (exact) mass is 251 g/mol. The van der Waals surface area contributed by atoms with Gasteiger partial charge in [0.05, 0.1) is 12.4 Å². The lowest BCUT2D eigenvalue weighted by molar-refractivity contribution is 0.962. The van der Waals surface area contributed by atoms with Crippen molar-refractivity contribution in [2.24, 2.45) is 0 Å². The number of imidazole rings is 1. The zero-order valence-corrected chi connectivity index (χ0v) is 10.3. The minimum Gasteiger partial charge on any atom is -0.365 e. The van der Waals surface area contributed by atoms with Gasteiger partial charge in [-0.1, -0.05) is 30.3 Å². The Balaban J connectivity index is 1.74. The summed E-state index contributed by atoms with van der Waals surface area (Å²) in [6, 6.07) is 10.2. The highest BCUT2D eigenvalue weighted by molar-refractivity contribution is 5.37. The summed E-state index contributed by atoms with van der Waals surface area (Å²) in [4.78, 5) is 12.7. The van der Waals surface area contributed by atoms with E-state index in [0.717, 1.165) is 18.2 Å². The molecule has 0 amide bonds. The standard InChI is InChI=1S/C14H13N5/c1-2-4-12(5-3-1)8-17-13-9-16-10-14(18-13)19-7-6-15-11-19/h1-7,9-11H,8H2,(H,17,18). The summed E-state index contributed by atoms with van der Waals surface area (Å²) in [6.07, 6.45) is 8.67. The fraction of sp³-hybridized carbons (Fsp3) is 0.0714. The van der Waals surface area contributed by atoms with Crippen molar-refractivity contribution in [1.29, 1.82) is 0 Å². The van der Waals surface area contributed by atoms with E-state index in [1.165, 1.54) is 5.56 Å². The second-order valence-corrected chi connectivity index (χ2v) is 4.07. The molecule has 0 fully saturated rings. The van der Waals surface area contributed by atoms with Crippen LogP contribution in [-0.4, -0.2) is 19.5 Å². The predicted molar refractivity (Wildman–Crippen MR) is 72.9 cm³/mol. The largest absolute Gasteiger partial charge is 0.365 e. The van der Waals surface area contributed by atoms with Gasteiger partial charge in [0.15, 0.2) is 5.82 Å². The molecule has 3 aromatic rings. The summed E-state index contributed by atoms with van der Waals surface area (Å²) < 4.78 is 1.82. The molecule has 0 aliphatic rings. The third-order valence-corrected chi connectivity index (χ3v) is 2.71. The van der Waals surface area contributed by atoms with E-state index in [1.807, 2.05) is 29.0 Å². The topological polar surface area (TPSA) is 55.6 Å². The lowest BCUT2D eigenvalue weighted by Gasteiger charge is -2.07. The molecule has 0 saturated carbocycles. The highest BCUT2D eigenvalue weighted by Gasteiger charge is 2.00. The van der Waals surface area contributed by atoms with Crippen LogP contribution in [0.1, 0.15) is 5.56 Å². The zero-order valence-electron chi connectivity index (χ0n) is 10.3. The maximum absolute atomic E-state index is 4.48. The molecule has 19 heavy (non-hydrogen) atoms. The first-order chi connectivity index (χ1) is 9.42. The molecule has 0 aliphatic carbocycles. The van der Waals surface area contributed by atoms with Crippen LogP contribution in [-0.2, 0) is 6.54 Å². The average Bonchev–Trinajstić information content (AvgIpc) is 3.01. The van der Waals surface area contributed by atoms with Crippen LogP contribution < -0.4 is 5.32 Å². The molecule has 0 unspecified atom stereocenters. The van der Waals surface area contributed by atoms with E-state index in [0.29, 0.717) is 0 Å². The van der Waals surface area contributed by atoms with Crippen molar-refractivity contribution in [3.63, 3.8) is 0 Å². The van der Waals surface area contributed by atoms with E-state index in [4.69, 9.17) is 0 Å². The molecule has 2 heterocycles. The average molecular weight is 251 g/mol. The molecule has 0 spiro atoms. The van der Waals surface area contributed by atoms with Crippen LogP contribution in [0.25, 0.3) is 5.82 Å². The number of nitrogens with one attached hydrogen (secondary N) is 1. The molecule has 5 heteroatoms. The number of nitrogens with zero attached hydrogens (tertiary/aromatic N) is 4. The Morgan fingerprint density at radius 1 is 1.05 bits per heavy atom. The van der Waals surface area contributed by atoms with E-state index >= 15 is 0 Å². The quantitative estimate of drug-likeness (QED) is 0.773. The summed E-state index contributed by atoms with van der Waals surface area (Å²) in [5.41, 5.74) is 1.21. The molecule has 3 rings (SSSR count). The van der Waals surface area contributed by atoms with Crippen molar-refractivity contribution in [2.45, 2.75) is 6.54 Å². The molecule has 0 aliphatic heterocycles. The van der Waals surface area contributed by atoms with E-state index in [2.05, 4.69) is 32.4 Å². The zero-order chi connectivity index (χ0) is 12.9. The first-order valence-electron chi connectivity index (χ1n) is 6.00. The Labute approximate surface area is 111 Å². The number of hydrogen-bond acceptors (Lipinski definition) is 4. The number of benzene rings is 1. The molecule has 0 saturated heterocycles.